The van der Waals surface area contributed by atoms with Crippen LogP contribution in [0.1, 0.15) is 11.3 Å². The Morgan fingerprint density at radius 1 is 1.16 bits per heavy atom. The molecular formula is C23H25ClFN3O4. The van der Waals surface area contributed by atoms with Crippen LogP contribution in [-0.4, -0.2) is 54.6 Å². The smallest absolute Gasteiger partial charge is 0.248 e. The van der Waals surface area contributed by atoms with Crippen LogP contribution in [0.4, 0.5) is 4.39 Å². The first kappa shape index (κ1) is 23.7. The molecule has 0 aliphatic rings. The van der Waals surface area contributed by atoms with E-state index < -0.39 is 5.82 Å². The topological polar surface area (TPSA) is 65.8 Å². The Kier molecular flexibility index (Phi) is 8.21. The Morgan fingerprint density at radius 2 is 1.91 bits per heavy atom. The SMILES string of the molecule is COCCN(Cc1c(C)nn(-c2ccc(Cl)cc2)c1Oc1cccc(F)c1)C(=O)COC. The third-order valence-electron chi connectivity index (χ3n) is 4.75. The van der Waals surface area contributed by atoms with Crippen molar-refractivity contribution in [3.63, 3.8) is 0 Å². The van der Waals surface area contributed by atoms with Crippen LogP contribution in [0.5, 0.6) is 11.6 Å². The van der Waals surface area contributed by atoms with E-state index >= 15 is 0 Å². The van der Waals surface area contributed by atoms with E-state index in [1.807, 2.05) is 6.92 Å². The number of carbonyl (C=O) groups is 1. The Balaban J connectivity index is 2.05. The monoisotopic (exact) mass is 461 g/mol. The van der Waals surface area contributed by atoms with Gasteiger partial charge in [-0.15, -0.1) is 0 Å². The highest BCUT2D eigenvalue weighted by molar-refractivity contribution is 6.30. The number of amides is 1. The van der Waals surface area contributed by atoms with E-state index in [1.165, 1.54) is 19.2 Å². The van der Waals surface area contributed by atoms with Crippen molar-refractivity contribution >= 4 is 17.5 Å². The highest BCUT2D eigenvalue weighted by atomic mass is 35.5. The van der Waals surface area contributed by atoms with Gasteiger partial charge in [0.1, 0.15) is 18.2 Å². The lowest BCUT2D eigenvalue weighted by Gasteiger charge is -2.22. The van der Waals surface area contributed by atoms with E-state index in [2.05, 4.69) is 5.10 Å². The van der Waals surface area contributed by atoms with Gasteiger partial charge in [0.05, 0.1) is 30.1 Å². The van der Waals surface area contributed by atoms with Crippen molar-refractivity contribution in [2.75, 3.05) is 34.0 Å². The Labute approximate surface area is 191 Å². The number of methoxy groups -OCH3 is 2. The normalized spacial score (nSPS) is 10.9. The summed E-state index contributed by atoms with van der Waals surface area (Å²) < 4.78 is 31.7. The Hall–Kier alpha value is -2.94. The fourth-order valence-electron chi connectivity index (χ4n) is 3.12. The van der Waals surface area contributed by atoms with E-state index in [-0.39, 0.29) is 19.1 Å². The van der Waals surface area contributed by atoms with Crippen LogP contribution in [0.2, 0.25) is 5.02 Å². The molecule has 7 nitrogen and oxygen atoms in total. The van der Waals surface area contributed by atoms with Gasteiger partial charge in [-0.3, -0.25) is 4.79 Å². The van der Waals surface area contributed by atoms with E-state index in [1.54, 1.807) is 53.1 Å². The van der Waals surface area contributed by atoms with Gasteiger partial charge in [-0.25, -0.2) is 9.07 Å². The first-order valence-corrected chi connectivity index (χ1v) is 10.3. The summed E-state index contributed by atoms with van der Waals surface area (Å²) in [5.41, 5.74) is 2.06. The molecule has 0 aliphatic heterocycles. The minimum absolute atomic E-state index is 0.0613. The summed E-state index contributed by atoms with van der Waals surface area (Å²) in [5.74, 6) is 0.0753. The number of carbonyl (C=O) groups excluding carboxylic acids is 1. The molecule has 32 heavy (non-hydrogen) atoms. The third kappa shape index (κ3) is 5.85. The van der Waals surface area contributed by atoms with E-state index in [9.17, 15) is 9.18 Å². The summed E-state index contributed by atoms with van der Waals surface area (Å²) in [6.45, 7) is 2.71. The molecule has 3 aromatic rings. The van der Waals surface area contributed by atoms with Crippen molar-refractivity contribution in [2.24, 2.45) is 0 Å². The van der Waals surface area contributed by atoms with Gasteiger partial charge in [-0.1, -0.05) is 17.7 Å². The van der Waals surface area contributed by atoms with Crippen LogP contribution >= 0.6 is 11.6 Å². The van der Waals surface area contributed by atoms with Crippen molar-refractivity contribution in [1.29, 1.82) is 0 Å². The molecule has 1 amide bonds. The summed E-state index contributed by atoms with van der Waals surface area (Å²) in [6.07, 6.45) is 0. The van der Waals surface area contributed by atoms with Gasteiger partial charge in [0.2, 0.25) is 11.8 Å². The predicted molar refractivity (Wildman–Crippen MR) is 119 cm³/mol. The number of rotatable bonds is 10. The van der Waals surface area contributed by atoms with E-state index in [0.29, 0.717) is 46.7 Å². The lowest BCUT2D eigenvalue weighted by Crippen LogP contribution is -2.36. The number of benzene rings is 2. The van der Waals surface area contributed by atoms with Gasteiger partial charge < -0.3 is 19.1 Å². The lowest BCUT2D eigenvalue weighted by molar-refractivity contribution is -0.136. The molecule has 0 N–H and O–H groups in total. The zero-order chi connectivity index (χ0) is 23.1. The average Bonchev–Trinajstić information content (AvgIpc) is 3.06. The average molecular weight is 462 g/mol. The lowest BCUT2D eigenvalue weighted by atomic mass is 10.2. The molecule has 2 aromatic carbocycles. The molecule has 170 valence electrons. The van der Waals surface area contributed by atoms with Crippen LogP contribution in [-0.2, 0) is 20.8 Å². The van der Waals surface area contributed by atoms with E-state index in [0.717, 1.165) is 0 Å². The highest BCUT2D eigenvalue weighted by Gasteiger charge is 2.23. The fraction of sp³-hybridized carbons (Fsp3) is 0.304. The van der Waals surface area contributed by atoms with Gasteiger partial charge in [0.15, 0.2) is 0 Å². The van der Waals surface area contributed by atoms with Gasteiger partial charge in [0.25, 0.3) is 0 Å². The molecule has 0 fully saturated rings. The van der Waals surface area contributed by atoms with Gasteiger partial charge in [-0.2, -0.15) is 5.10 Å². The number of halogens is 2. The minimum atomic E-state index is -0.421. The quantitative estimate of drug-likeness (QED) is 0.448. The number of aryl methyl sites for hydroxylation is 1. The molecule has 0 radical (unpaired) electrons. The molecule has 0 aliphatic carbocycles. The van der Waals surface area contributed by atoms with Crippen molar-refractivity contribution in [1.82, 2.24) is 14.7 Å². The second kappa shape index (κ2) is 11.1. The Bertz CT molecular complexity index is 1060. The van der Waals surface area contributed by atoms with Crippen molar-refractivity contribution in [2.45, 2.75) is 13.5 Å². The molecule has 0 saturated heterocycles. The first-order chi connectivity index (χ1) is 15.4. The molecule has 0 spiro atoms. The summed E-state index contributed by atoms with van der Waals surface area (Å²) in [7, 11) is 3.04. The highest BCUT2D eigenvalue weighted by Crippen LogP contribution is 2.32. The van der Waals surface area contributed by atoms with Crippen molar-refractivity contribution in [3.8, 4) is 17.3 Å². The molecule has 0 bridgehead atoms. The van der Waals surface area contributed by atoms with Crippen LogP contribution in [0.3, 0.4) is 0 Å². The van der Waals surface area contributed by atoms with Gasteiger partial charge in [-0.05, 0) is 43.3 Å². The molecule has 3 rings (SSSR count). The number of hydrogen-bond acceptors (Lipinski definition) is 5. The predicted octanol–water partition coefficient (Wildman–Crippen LogP) is 4.39. The number of nitrogens with zero attached hydrogens (tertiary/aromatic N) is 3. The van der Waals surface area contributed by atoms with Crippen LogP contribution in [0.15, 0.2) is 48.5 Å². The molecule has 0 atom stereocenters. The Morgan fingerprint density at radius 3 is 2.56 bits per heavy atom. The maximum absolute atomic E-state index is 13.8. The maximum atomic E-state index is 13.8. The number of aromatic nitrogens is 2. The summed E-state index contributed by atoms with van der Waals surface area (Å²) in [4.78, 5) is 14.2. The van der Waals surface area contributed by atoms with Crippen molar-refractivity contribution in [3.05, 3.63) is 70.6 Å². The molecular weight excluding hydrogens is 437 g/mol. The second-order valence-corrected chi connectivity index (χ2v) is 7.49. The maximum Gasteiger partial charge on any atom is 0.248 e. The number of ether oxygens (including phenoxy) is 3. The van der Waals surface area contributed by atoms with Crippen molar-refractivity contribution < 1.29 is 23.4 Å². The zero-order valence-electron chi connectivity index (χ0n) is 18.2. The second-order valence-electron chi connectivity index (χ2n) is 7.06. The molecule has 1 heterocycles. The summed E-state index contributed by atoms with van der Waals surface area (Å²) in [6, 6.07) is 12.9. The molecule has 9 heteroatoms. The largest absolute Gasteiger partial charge is 0.438 e. The minimum Gasteiger partial charge on any atom is -0.438 e. The molecule has 1 aromatic heterocycles. The van der Waals surface area contributed by atoms with Crippen LogP contribution < -0.4 is 4.74 Å². The summed E-state index contributed by atoms with van der Waals surface area (Å²) in [5, 5.41) is 5.21. The molecule has 0 unspecified atom stereocenters. The summed E-state index contributed by atoms with van der Waals surface area (Å²) >= 11 is 6.03. The van der Waals surface area contributed by atoms with Crippen LogP contribution in [0, 0.1) is 12.7 Å². The first-order valence-electron chi connectivity index (χ1n) is 9.96. The van der Waals surface area contributed by atoms with Gasteiger partial charge >= 0.3 is 0 Å². The third-order valence-corrected chi connectivity index (χ3v) is 5.01. The van der Waals surface area contributed by atoms with Crippen LogP contribution in [0.25, 0.3) is 5.69 Å². The zero-order valence-corrected chi connectivity index (χ0v) is 18.9. The molecule has 0 saturated carbocycles. The van der Waals surface area contributed by atoms with E-state index in [4.69, 9.17) is 25.8 Å². The number of hydrogen-bond donors (Lipinski definition) is 0. The fourth-order valence-corrected chi connectivity index (χ4v) is 3.25. The standard InChI is InChI=1S/C23H25ClFN3O4/c1-16-21(14-27(11-12-30-2)22(29)15-31-3)23(32-20-6-4-5-18(25)13-20)28(26-16)19-9-7-17(24)8-10-19/h4-10,13H,11-12,14-15H2,1-3H3. The van der Waals surface area contributed by atoms with Gasteiger partial charge in [0, 0.05) is 31.9 Å².